The summed E-state index contributed by atoms with van der Waals surface area (Å²) in [4.78, 5) is 38.7. The molecule has 1 saturated heterocycles. The molecule has 2 aromatic carbocycles. The fourth-order valence-electron chi connectivity index (χ4n) is 5.60. The second-order valence-corrected chi connectivity index (χ2v) is 15.1. The highest BCUT2D eigenvalue weighted by Gasteiger charge is 2.52. The van der Waals surface area contributed by atoms with Crippen LogP contribution in [-0.2, 0) is 18.7 Å². The van der Waals surface area contributed by atoms with E-state index in [1.165, 1.54) is 17.9 Å². The van der Waals surface area contributed by atoms with Gasteiger partial charge in [0, 0.05) is 31.2 Å². The van der Waals surface area contributed by atoms with Gasteiger partial charge in [0.05, 0.1) is 12.7 Å². The zero-order chi connectivity index (χ0) is 27.5. The fraction of sp³-hybridized carbons (Fsp3) is 0.414. The molecular formula is C29H36N2O6Si. The lowest BCUT2D eigenvalue weighted by Gasteiger charge is -2.43. The van der Waals surface area contributed by atoms with E-state index in [0.29, 0.717) is 5.56 Å². The highest BCUT2D eigenvalue weighted by molar-refractivity contribution is 6.99. The highest BCUT2D eigenvalue weighted by atomic mass is 28.4. The van der Waals surface area contributed by atoms with Crippen LogP contribution in [0, 0.1) is 12.8 Å². The molecule has 4 atom stereocenters. The number of ether oxygens (including phenoxy) is 2. The molecule has 2 heterocycles. The third kappa shape index (κ3) is 5.11. The summed E-state index contributed by atoms with van der Waals surface area (Å²) in [6.45, 7) is 8.42. The van der Waals surface area contributed by atoms with Crippen LogP contribution in [0.15, 0.2) is 76.4 Å². The Balaban J connectivity index is 1.76. The molecule has 3 aromatic rings. The number of methoxy groups -OCH3 is 1. The van der Waals surface area contributed by atoms with E-state index in [9.17, 15) is 14.4 Å². The van der Waals surface area contributed by atoms with Crippen molar-refractivity contribution in [2.24, 2.45) is 5.92 Å². The molecule has 0 radical (unpaired) electrons. The van der Waals surface area contributed by atoms with Gasteiger partial charge in [-0.15, -0.1) is 0 Å². The van der Waals surface area contributed by atoms with Crippen LogP contribution >= 0.6 is 0 Å². The Labute approximate surface area is 223 Å². The van der Waals surface area contributed by atoms with E-state index in [1.807, 2.05) is 36.4 Å². The summed E-state index contributed by atoms with van der Waals surface area (Å²) in [6.07, 6.45) is 0.578. The van der Waals surface area contributed by atoms with E-state index in [4.69, 9.17) is 13.9 Å². The minimum atomic E-state index is -2.86. The number of H-pyrrole nitrogens is 1. The number of hydrogen-bond acceptors (Lipinski definition) is 6. The first-order valence-electron chi connectivity index (χ1n) is 12.8. The lowest BCUT2D eigenvalue weighted by atomic mass is 9.95. The Morgan fingerprint density at radius 3 is 2.11 bits per heavy atom. The smallest absolute Gasteiger partial charge is 0.330 e. The number of nitrogens with zero attached hydrogens (tertiary/aromatic N) is 1. The van der Waals surface area contributed by atoms with Gasteiger partial charge >= 0.3 is 5.69 Å². The van der Waals surface area contributed by atoms with Crippen LogP contribution in [0.5, 0.6) is 0 Å². The van der Waals surface area contributed by atoms with Gasteiger partial charge in [-0.1, -0.05) is 81.4 Å². The topological polar surface area (TPSA) is 99.6 Å². The molecule has 0 amide bonds. The number of hydrogen-bond donors (Lipinski definition) is 1. The molecule has 9 heteroatoms. The van der Waals surface area contributed by atoms with E-state index in [-0.39, 0.29) is 24.0 Å². The number of aromatic amines is 1. The minimum absolute atomic E-state index is 0.181. The number of aldehydes is 1. The second-order valence-electron chi connectivity index (χ2n) is 10.8. The van der Waals surface area contributed by atoms with Crippen molar-refractivity contribution in [2.45, 2.75) is 57.6 Å². The van der Waals surface area contributed by atoms with Crippen molar-refractivity contribution < 1.29 is 18.7 Å². The molecule has 1 aliphatic heterocycles. The van der Waals surface area contributed by atoms with Crippen molar-refractivity contribution in [3.8, 4) is 0 Å². The van der Waals surface area contributed by atoms with Crippen LogP contribution in [0.2, 0.25) is 5.04 Å². The first-order chi connectivity index (χ1) is 18.1. The number of carbonyl (C=O) groups excluding carboxylic acids is 1. The molecule has 1 N–H and O–H groups in total. The van der Waals surface area contributed by atoms with Crippen LogP contribution in [0.4, 0.5) is 0 Å². The number of benzene rings is 2. The van der Waals surface area contributed by atoms with Crippen molar-refractivity contribution in [3.63, 3.8) is 0 Å². The predicted octanol–water partition coefficient (Wildman–Crippen LogP) is 2.54. The van der Waals surface area contributed by atoms with Crippen molar-refractivity contribution in [3.05, 3.63) is 93.3 Å². The SMILES string of the molecule is COC1C(CC=O)[C@@H](CO[Si](c2ccccc2)(c2ccccc2)C(C)(C)C)OC1n1cc(C)c(=O)[nH]c1=O. The highest BCUT2D eigenvalue weighted by Crippen LogP contribution is 2.40. The summed E-state index contributed by atoms with van der Waals surface area (Å²) in [5.74, 6) is -0.347. The largest absolute Gasteiger partial charge is 0.405 e. The van der Waals surface area contributed by atoms with E-state index in [0.717, 1.165) is 16.7 Å². The zero-order valence-electron chi connectivity index (χ0n) is 22.5. The summed E-state index contributed by atoms with van der Waals surface area (Å²) >= 11 is 0. The fourth-order valence-corrected chi connectivity index (χ4v) is 10.2. The Hall–Kier alpha value is -3.11. The second kappa shape index (κ2) is 11.3. The zero-order valence-corrected chi connectivity index (χ0v) is 23.5. The minimum Gasteiger partial charge on any atom is -0.405 e. The Morgan fingerprint density at radius 1 is 1.03 bits per heavy atom. The summed E-state index contributed by atoms with van der Waals surface area (Å²) in [5.41, 5.74) is -0.665. The molecule has 0 spiro atoms. The average molecular weight is 537 g/mol. The quantitative estimate of drug-likeness (QED) is 0.333. The van der Waals surface area contributed by atoms with Crippen molar-refractivity contribution in [2.75, 3.05) is 13.7 Å². The molecule has 0 aliphatic carbocycles. The van der Waals surface area contributed by atoms with Gasteiger partial charge in [-0.25, -0.2) is 4.79 Å². The van der Waals surface area contributed by atoms with Gasteiger partial charge in [0.1, 0.15) is 12.4 Å². The molecule has 0 saturated carbocycles. The van der Waals surface area contributed by atoms with Crippen molar-refractivity contribution >= 4 is 25.0 Å². The van der Waals surface area contributed by atoms with Crippen LogP contribution in [0.3, 0.4) is 0 Å². The van der Waals surface area contributed by atoms with E-state index in [1.54, 1.807) is 6.92 Å². The van der Waals surface area contributed by atoms with E-state index in [2.05, 4.69) is 50.0 Å². The predicted molar refractivity (Wildman–Crippen MR) is 149 cm³/mol. The van der Waals surface area contributed by atoms with Crippen LogP contribution in [0.1, 0.15) is 39.0 Å². The van der Waals surface area contributed by atoms with E-state index >= 15 is 0 Å². The Morgan fingerprint density at radius 2 is 1.61 bits per heavy atom. The summed E-state index contributed by atoms with van der Waals surface area (Å²) in [5, 5.41) is 2.04. The molecule has 8 nitrogen and oxygen atoms in total. The van der Waals surface area contributed by atoms with Gasteiger partial charge < -0.3 is 18.7 Å². The average Bonchev–Trinajstić information content (AvgIpc) is 3.24. The first kappa shape index (κ1) is 27.9. The van der Waals surface area contributed by atoms with E-state index < -0.39 is 38.0 Å². The maximum Gasteiger partial charge on any atom is 0.330 e. The monoisotopic (exact) mass is 536 g/mol. The molecule has 1 aliphatic rings. The molecule has 4 rings (SSSR count). The van der Waals surface area contributed by atoms with Gasteiger partial charge in [-0.3, -0.25) is 14.3 Å². The van der Waals surface area contributed by atoms with Gasteiger partial charge in [0.25, 0.3) is 13.9 Å². The number of aryl methyl sites for hydroxylation is 1. The molecule has 38 heavy (non-hydrogen) atoms. The lowest BCUT2D eigenvalue weighted by Crippen LogP contribution is -2.67. The number of aromatic nitrogens is 2. The summed E-state index contributed by atoms with van der Waals surface area (Å²) in [7, 11) is -1.32. The maximum atomic E-state index is 12.7. The van der Waals surface area contributed by atoms with Gasteiger partial charge in [-0.05, 0) is 22.3 Å². The molecule has 202 valence electrons. The number of rotatable bonds is 9. The summed E-state index contributed by atoms with van der Waals surface area (Å²) < 4.78 is 20.6. The number of carbonyl (C=O) groups is 1. The molecule has 0 bridgehead atoms. The van der Waals surface area contributed by atoms with Crippen LogP contribution in [-0.4, -0.2) is 50.1 Å². The van der Waals surface area contributed by atoms with Gasteiger partial charge in [0.2, 0.25) is 0 Å². The van der Waals surface area contributed by atoms with Gasteiger partial charge in [-0.2, -0.15) is 0 Å². The summed E-state index contributed by atoms with van der Waals surface area (Å²) in [6, 6.07) is 20.6. The Kier molecular flexibility index (Phi) is 8.32. The molecule has 3 unspecified atom stereocenters. The standard InChI is InChI=1S/C29H36N2O6Si/c1-20-18-31(28(34)30-26(20)33)27-25(35-5)23(16-17-32)24(37-27)19-36-38(29(2,3)4,21-12-8-6-9-13-21)22-14-10-7-11-15-22/h6-15,17-18,23-25,27H,16,19H2,1-5H3,(H,30,33,34)/t23?,24-,25?,27?/m1/s1. The van der Waals surface area contributed by atoms with Crippen LogP contribution in [0.25, 0.3) is 0 Å². The third-order valence-electron chi connectivity index (χ3n) is 7.44. The Bertz CT molecular complexity index is 1310. The molecular weight excluding hydrogens is 500 g/mol. The lowest BCUT2D eigenvalue weighted by molar-refractivity contribution is -0.109. The van der Waals surface area contributed by atoms with Gasteiger partial charge in [0.15, 0.2) is 6.23 Å². The number of nitrogens with one attached hydrogen (secondary N) is 1. The maximum absolute atomic E-state index is 12.7. The normalized spacial score (nSPS) is 21.9. The third-order valence-corrected chi connectivity index (χ3v) is 12.4. The first-order valence-corrected chi connectivity index (χ1v) is 14.7. The van der Waals surface area contributed by atoms with Crippen molar-refractivity contribution in [1.29, 1.82) is 0 Å². The molecule has 1 fully saturated rings. The molecule has 1 aromatic heterocycles. The van der Waals surface area contributed by atoms with Crippen molar-refractivity contribution in [1.82, 2.24) is 9.55 Å². The van der Waals surface area contributed by atoms with Crippen LogP contribution < -0.4 is 21.6 Å².